The fourth-order valence-corrected chi connectivity index (χ4v) is 6.36. The minimum Gasteiger partial charge on any atom is -0.492 e. The van der Waals surface area contributed by atoms with Gasteiger partial charge in [-0.05, 0) is 81.2 Å². The van der Waals surface area contributed by atoms with Crippen molar-refractivity contribution in [2.24, 2.45) is 5.92 Å². The summed E-state index contributed by atoms with van der Waals surface area (Å²) in [5.74, 6) is 1.63. The second-order valence-corrected chi connectivity index (χ2v) is 12.8. The highest BCUT2D eigenvalue weighted by Crippen LogP contribution is 2.36. The zero-order valence-electron chi connectivity index (χ0n) is 23.2. The largest absolute Gasteiger partial charge is 0.492 e. The Bertz CT molecular complexity index is 1520. The van der Waals surface area contributed by atoms with Gasteiger partial charge in [-0.2, -0.15) is 4.98 Å². The summed E-state index contributed by atoms with van der Waals surface area (Å²) < 4.78 is 47.1. The highest BCUT2D eigenvalue weighted by atomic mass is 35.5. The van der Waals surface area contributed by atoms with E-state index in [2.05, 4.69) is 26.6 Å². The summed E-state index contributed by atoms with van der Waals surface area (Å²) >= 11 is 12.6. The Morgan fingerprint density at radius 2 is 1.83 bits per heavy atom. The van der Waals surface area contributed by atoms with Crippen LogP contribution in [-0.4, -0.2) is 70.2 Å². The van der Waals surface area contributed by atoms with E-state index < -0.39 is 10.0 Å². The SMILES string of the molecule is Cc1c(Cl)cccc1S(=O)(=O)Nc1nc2c(nc1OCc1ccc(Cl)c(OCC3CCN(C)CC3)c1)OCCN2C. The Morgan fingerprint density at radius 1 is 1.05 bits per heavy atom. The fraction of sp³-hybridized carbons (Fsp3) is 0.429. The van der Waals surface area contributed by atoms with E-state index >= 15 is 0 Å². The molecule has 2 aliphatic rings. The Balaban J connectivity index is 1.37. The second-order valence-electron chi connectivity index (χ2n) is 10.4. The second kappa shape index (κ2) is 12.5. The molecule has 13 heteroatoms. The minimum absolute atomic E-state index is 0.0222. The highest BCUT2D eigenvalue weighted by Gasteiger charge is 2.27. The maximum atomic E-state index is 13.4. The first kappa shape index (κ1) is 29.5. The molecule has 5 rings (SSSR count). The Labute approximate surface area is 250 Å². The molecule has 41 heavy (non-hydrogen) atoms. The third-order valence-electron chi connectivity index (χ3n) is 7.26. The third-order valence-corrected chi connectivity index (χ3v) is 9.47. The van der Waals surface area contributed by atoms with Crippen molar-refractivity contribution in [3.63, 3.8) is 0 Å². The molecule has 1 aromatic heterocycles. The first-order valence-corrected chi connectivity index (χ1v) is 15.6. The number of likely N-dealkylation sites (tertiary alicyclic amines) is 1. The lowest BCUT2D eigenvalue weighted by Crippen LogP contribution is -2.32. The van der Waals surface area contributed by atoms with E-state index in [0.29, 0.717) is 52.9 Å². The van der Waals surface area contributed by atoms with Crippen LogP contribution < -0.4 is 23.8 Å². The van der Waals surface area contributed by atoms with Gasteiger partial charge in [0.25, 0.3) is 21.8 Å². The first-order chi connectivity index (χ1) is 19.6. The standard InChI is InChI=1S/C28H33Cl2N5O5S/c1-18-21(29)5-4-6-24(18)41(36,37)33-25-27(32-28-26(31-25)35(3)13-14-38-28)40-17-20-7-8-22(30)23(15-20)39-16-19-9-11-34(2)12-10-19/h4-8,15,19H,9-14,16-17H2,1-3H3,(H,31,33). The summed E-state index contributed by atoms with van der Waals surface area (Å²) in [6.07, 6.45) is 2.16. The van der Waals surface area contributed by atoms with Crippen molar-refractivity contribution in [3.05, 3.63) is 57.6 Å². The average Bonchev–Trinajstić information content (AvgIpc) is 2.94. The van der Waals surface area contributed by atoms with E-state index in [1.807, 2.05) is 24.1 Å². The molecule has 2 aromatic carbocycles. The number of piperidine rings is 1. The molecule has 0 unspecified atom stereocenters. The van der Waals surface area contributed by atoms with Crippen molar-refractivity contribution in [1.29, 1.82) is 0 Å². The van der Waals surface area contributed by atoms with Crippen LogP contribution in [0.3, 0.4) is 0 Å². The molecule has 1 saturated heterocycles. The van der Waals surface area contributed by atoms with Gasteiger partial charge in [-0.1, -0.05) is 35.3 Å². The maximum Gasteiger partial charge on any atom is 0.263 e. The molecule has 3 aromatic rings. The number of hydrogen-bond donors (Lipinski definition) is 1. The number of rotatable bonds is 9. The van der Waals surface area contributed by atoms with E-state index in [9.17, 15) is 8.42 Å². The molecule has 1 fully saturated rings. The Morgan fingerprint density at radius 3 is 2.61 bits per heavy atom. The molecule has 0 radical (unpaired) electrons. The van der Waals surface area contributed by atoms with Crippen molar-refractivity contribution >= 4 is 44.9 Å². The maximum absolute atomic E-state index is 13.4. The number of benzene rings is 2. The van der Waals surface area contributed by atoms with Gasteiger partial charge < -0.3 is 24.0 Å². The number of aromatic nitrogens is 2. The van der Waals surface area contributed by atoms with Gasteiger partial charge in [0.2, 0.25) is 5.82 Å². The summed E-state index contributed by atoms with van der Waals surface area (Å²) in [7, 11) is -0.108. The lowest BCUT2D eigenvalue weighted by molar-refractivity contribution is 0.160. The molecule has 3 heterocycles. The molecule has 10 nitrogen and oxygen atoms in total. The van der Waals surface area contributed by atoms with Crippen LogP contribution in [0.5, 0.6) is 17.5 Å². The van der Waals surface area contributed by atoms with Gasteiger partial charge in [-0.3, -0.25) is 4.72 Å². The van der Waals surface area contributed by atoms with Crippen LogP contribution in [0, 0.1) is 12.8 Å². The minimum atomic E-state index is -4.07. The van der Waals surface area contributed by atoms with Crippen LogP contribution in [0.4, 0.5) is 11.6 Å². The molecule has 0 spiro atoms. The zero-order valence-corrected chi connectivity index (χ0v) is 25.5. The van der Waals surface area contributed by atoms with Crippen LogP contribution in [0.15, 0.2) is 41.3 Å². The summed E-state index contributed by atoms with van der Waals surface area (Å²) in [5, 5.41) is 0.850. The van der Waals surface area contributed by atoms with Crippen LogP contribution in [-0.2, 0) is 16.6 Å². The number of nitrogens with one attached hydrogen (secondary N) is 1. The number of likely N-dealkylation sites (N-methyl/N-ethyl adjacent to an activating group) is 1. The average molecular weight is 623 g/mol. The number of halogens is 2. The summed E-state index contributed by atoms with van der Waals surface area (Å²) in [6, 6.07) is 10.1. The van der Waals surface area contributed by atoms with E-state index in [4.69, 9.17) is 37.4 Å². The van der Waals surface area contributed by atoms with E-state index in [0.717, 1.165) is 31.5 Å². The van der Waals surface area contributed by atoms with Crippen molar-refractivity contribution in [3.8, 4) is 17.5 Å². The van der Waals surface area contributed by atoms with E-state index in [1.54, 1.807) is 25.1 Å². The smallest absolute Gasteiger partial charge is 0.263 e. The quantitative estimate of drug-likeness (QED) is 0.352. The van der Waals surface area contributed by atoms with Gasteiger partial charge in [0.05, 0.1) is 23.1 Å². The predicted octanol–water partition coefficient (Wildman–Crippen LogP) is 5.02. The number of fused-ring (bicyclic) bond motifs is 1. The topological polar surface area (TPSA) is 106 Å². The van der Waals surface area contributed by atoms with Crippen LogP contribution >= 0.6 is 23.2 Å². The van der Waals surface area contributed by atoms with Crippen LogP contribution in [0.1, 0.15) is 24.0 Å². The van der Waals surface area contributed by atoms with Crippen molar-refractivity contribution in [2.75, 3.05) is 56.6 Å². The number of nitrogens with zero attached hydrogens (tertiary/aromatic N) is 4. The lowest BCUT2D eigenvalue weighted by Gasteiger charge is -2.28. The molecular weight excluding hydrogens is 589 g/mol. The normalized spacial score (nSPS) is 16.2. The van der Waals surface area contributed by atoms with Crippen LogP contribution in [0.2, 0.25) is 10.0 Å². The van der Waals surface area contributed by atoms with Crippen molar-refractivity contribution in [2.45, 2.75) is 31.3 Å². The Hall–Kier alpha value is -2.99. The van der Waals surface area contributed by atoms with E-state index in [-0.39, 0.29) is 29.1 Å². The lowest BCUT2D eigenvalue weighted by atomic mass is 9.98. The van der Waals surface area contributed by atoms with Crippen molar-refractivity contribution in [1.82, 2.24) is 14.9 Å². The van der Waals surface area contributed by atoms with E-state index in [1.165, 1.54) is 6.07 Å². The van der Waals surface area contributed by atoms with Crippen LogP contribution in [0.25, 0.3) is 0 Å². The molecule has 0 aliphatic carbocycles. The molecule has 0 amide bonds. The molecule has 0 saturated carbocycles. The molecule has 0 bridgehead atoms. The third kappa shape index (κ3) is 6.91. The number of hydrogen-bond acceptors (Lipinski definition) is 9. The van der Waals surface area contributed by atoms with Gasteiger partial charge in [0.15, 0.2) is 5.82 Å². The summed E-state index contributed by atoms with van der Waals surface area (Å²) in [5.41, 5.74) is 1.19. The Kier molecular flexibility index (Phi) is 8.98. The predicted molar refractivity (Wildman–Crippen MR) is 159 cm³/mol. The van der Waals surface area contributed by atoms with Gasteiger partial charge in [-0.25, -0.2) is 13.4 Å². The molecule has 0 atom stereocenters. The molecule has 220 valence electrons. The summed E-state index contributed by atoms with van der Waals surface area (Å²) in [4.78, 5) is 13.2. The molecular formula is C28H33Cl2N5O5S. The number of sulfonamides is 1. The first-order valence-electron chi connectivity index (χ1n) is 13.4. The molecule has 1 N–H and O–H groups in total. The molecule has 2 aliphatic heterocycles. The van der Waals surface area contributed by atoms with Crippen molar-refractivity contribution < 1.29 is 22.6 Å². The van der Waals surface area contributed by atoms with Gasteiger partial charge in [0, 0.05) is 12.1 Å². The van der Waals surface area contributed by atoms with Gasteiger partial charge in [-0.15, -0.1) is 0 Å². The fourth-order valence-electron chi connectivity index (χ4n) is 4.69. The zero-order chi connectivity index (χ0) is 29.1. The number of ether oxygens (including phenoxy) is 3. The number of anilines is 2. The van der Waals surface area contributed by atoms with Gasteiger partial charge >= 0.3 is 0 Å². The highest BCUT2D eigenvalue weighted by molar-refractivity contribution is 7.92. The van der Waals surface area contributed by atoms with Gasteiger partial charge in [0.1, 0.15) is 19.0 Å². The summed E-state index contributed by atoms with van der Waals surface area (Å²) in [6.45, 7) is 5.40. The monoisotopic (exact) mass is 621 g/mol.